The van der Waals surface area contributed by atoms with Crippen LogP contribution in [0.3, 0.4) is 0 Å². The zero-order valence-electron chi connectivity index (χ0n) is 8.22. The molecule has 0 atom stereocenters. The summed E-state index contributed by atoms with van der Waals surface area (Å²) < 4.78 is 0. The van der Waals surface area contributed by atoms with E-state index in [0.29, 0.717) is 6.54 Å². The van der Waals surface area contributed by atoms with Gasteiger partial charge in [-0.3, -0.25) is 0 Å². The van der Waals surface area contributed by atoms with Crippen LogP contribution in [0.25, 0.3) is 10.6 Å². The average Bonchev–Trinajstić information content (AvgIpc) is 2.68. The third kappa shape index (κ3) is 3.12. The van der Waals surface area contributed by atoms with Crippen LogP contribution in [0.4, 0.5) is 0 Å². The van der Waals surface area contributed by atoms with Gasteiger partial charge in [0.1, 0.15) is 5.01 Å². The summed E-state index contributed by atoms with van der Waals surface area (Å²) >= 11 is 1.68. The number of aromatic nitrogens is 1. The molecule has 1 heterocycles. The van der Waals surface area contributed by atoms with Crippen LogP contribution in [0.5, 0.6) is 0 Å². The van der Waals surface area contributed by atoms with Crippen LogP contribution in [0.2, 0.25) is 0 Å². The molecule has 2 N–H and O–H groups in total. The van der Waals surface area contributed by atoms with Crippen molar-refractivity contribution in [3.8, 4) is 10.6 Å². The summed E-state index contributed by atoms with van der Waals surface area (Å²) in [7, 11) is 0. The number of rotatable bonds is 3. The first kappa shape index (κ1) is 12.4. The van der Waals surface area contributed by atoms with Gasteiger partial charge in [-0.2, -0.15) is 0 Å². The normalized spacial score (nSPS) is 9.67. The molecular weight excluding hydrogens is 272 g/mol. The number of halogens is 1. The Balaban J connectivity index is 0.00000112. The SMILES string of the molecule is Br.NCCc1csc(-c2ccccc2)n1. The lowest BCUT2D eigenvalue weighted by molar-refractivity contribution is 0.936. The van der Waals surface area contributed by atoms with E-state index in [2.05, 4.69) is 22.5 Å². The fourth-order valence-electron chi connectivity index (χ4n) is 1.28. The van der Waals surface area contributed by atoms with Crippen LogP contribution < -0.4 is 5.73 Å². The molecule has 0 aliphatic carbocycles. The minimum atomic E-state index is 0. The smallest absolute Gasteiger partial charge is 0.123 e. The first-order valence-electron chi connectivity index (χ1n) is 4.60. The van der Waals surface area contributed by atoms with Gasteiger partial charge in [0, 0.05) is 17.4 Å². The van der Waals surface area contributed by atoms with Crippen LogP contribution in [-0.2, 0) is 6.42 Å². The Hall–Kier alpha value is -0.710. The van der Waals surface area contributed by atoms with Gasteiger partial charge in [-0.15, -0.1) is 28.3 Å². The Labute approximate surface area is 104 Å². The molecule has 0 amide bonds. The lowest BCUT2D eigenvalue weighted by atomic mass is 10.2. The molecule has 2 rings (SSSR count). The number of benzene rings is 1. The first-order valence-corrected chi connectivity index (χ1v) is 5.48. The third-order valence-corrected chi connectivity index (χ3v) is 2.91. The van der Waals surface area contributed by atoms with E-state index in [4.69, 9.17) is 5.73 Å². The van der Waals surface area contributed by atoms with Crippen molar-refractivity contribution in [2.75, 3.05) is 6.54 Å². The topological polar surface area (TPSA) is 38.9 Å². The van der Waals surface area contributed by atoms with E-state index in [-0.39, 0.29) is 17.0 Å². The zero-order valence-corrected chi connectivity index (χ0v) is 10.7. The summed E-state index contributed by atoms with van der Waals surface area (Å²) in [5.74, 6) is 0. The molecule has 0 aliphatic rings. The van der Waals surface area contributed by atoms with Crippen molar-refractivity contribution in [3.63, 3.8) is 0 Å². The van der Waals surface area contributed by atoms with Gasteiger partial charge < -0.3 is 5.73 Å². The van der Waals surface area contributed by atoms with Gasteiger partial charge in [-0.05, 0) is 6.54 Å². The third-order valence-electron chi connectivity index (χ3n) is 1.97. The number of nitrogens with two attached hydrogens (primary N) is 1. The monoisotopic (exact) mass is 284 g/mol. The Morgan fingerprint density at radius 3 is 2.60 bits per heavy atom. The Kier molecular flexibility index (Phi) is 4.94. The zero-order chi connectivity index (χ0) is 9.80. The Morgan fingerprint density at radius 1 is 1.20 bits per heavy atom. The molecule has 15 heavy (non-hydrogen) atoms. The highest BCUT2D eigenvalue weighted by Crippen LogP contribution is 2.23. The maximum absolute atomic E-state index is 5.47. The van der Waals surface area contributed by atoms with Crippen molar-refractivity contribution in [3.05, 3.63) is 41.4 Å². The number of hydrogen-bond acceptors (Lipinski definition) is 3. The highest BCUT2D eigenvalue weighted by molar-refractivity contribution is 8.93. The van der Waals surface area contributed by atoms with Crippen LogP contribution in [0, 0.1) is 0 Å². The molecule has 80 valence electrons. The van der Waals surface area contributed by atoms with E-state index in [1.165, 1.54) is 5.56 Å². The van der Waals surface area contributed by atoms with E-state index in [9.17, 15) is 0 Å². The van der Waals surface area contributed by atoms with Crippen molar-refractivity contribution in [2.24, 2.45) is 5.73 Å². The lowest BCUT2D eigenvalue weighted by Gasteiger charge is -1.93. The van der Waals surface area contributed by atoms with Crippen LogP contribution >= 0.6 is 28.3 Å². The van der Waals surface area contributed by atoms with Crippen LogP contribution in [0.15, 0.2) is 35.7 Å². The fraction of sp³-hybridized carbons (Fsp3) is 0.182. The predicted octanol–water partition coefficient (Wildman–Crippen LogP) is 2.89. The summed E-state index contributed by atoms with van der Waals surface area (Å²) in [6, 6.07) is 10.2. The van der Waals surface area contributed by atoms with Crippen LogP contribution in [0.1, 0.15) is 5.69 Å². The van der Waals surface area contributed by atoms with Gasteiger partial charge in [-0.25, -0.2) is 4.98 Å². The summed E-state index contributed by atoms with van der Waals surface area (Å²) in [4.78, 5) is 4.51. The van der Waals surface area contributed by atoms with Crippen molar-refractivity contribution in [2.45, 2.75) is 6.42 Å². The molecule has 0 fully saturated rings. The Bertz CT molecular complexity index is 400. The van der Waals surface area contributed by atoms with Gasteiger partial charge in [0.15, 0.2) is 0 Å². The van der Waals surface area contributed by atoms with Gasteiger partial charge in [0.2, 0.25) is 0 Å². The second kappa shape index (κ2) is 6.00. The molecule has 1 aromatic heterocycles. The maximum Gasteiger partial charge on any atom is 0.123 e. The summed E-state index contributed by atoms with van der Waals surface area (Å²) in [5.41, 5.74) is 7.75. The molecule has 2 aromatic rings. The number of hydrogen-bond donors (Lipinski definition) is 1. The number of thiazole rings is 1. The molecular formula is C11H13BrN2S. The molecule has 1 aromatic carbocycles. The summed E-state index contributed by atoms with van der Waals surface area (Å²) in [5, 5.41) is 3.16. The van der Waals surface area contributed by atoms with E-state index in [1.54, 1.807) is 11.3 Å². The van der Waals surface area contributed by atoms with E-state index in [0.717, 1.165) is 17.1 Å². The lowest BCUT2D eigenvalue weighted by Crippen LogP contribution is -2.02. The van der Waals surface area contributed by atoms with E-state index >= 15 is 0 Å². The standard InChI is InChI=1S/C11H12N2S.BrH/c12-7-6-10-8-14-11(13-10)9-4-2-1-3-5-9;/h1-5,8H,6-7,12H2;1H. The predicted molar refractivity (Wildman–Crippen MR) is 70.6 cm³/mol. The highest BCUT2D eigenvalue weighted by Gasteiger charge is 2.02. The summed E-state index contributed by atoms with van der Waals surface area (Å²) in [6.45, 7) is 0.665. The van der Waals surface area contributed by atoms with Crippen molar-refractivity contribution in [1.82, 2.24) is 4.98 Å². The molecule has 0 saturated heterocycles. The summed E-state index contributed by atoms with van der Waals surface area (Å²) in [6.07, 6.45) is 0.864. The number of nitrogens with zero attached hydrogens (tertiary/aromatic N) is 1. The fourth-order valence-corrected chi connectivity index (χ4v) is 2.14. The maximum atomic E-state index is 5.47. The minimum absolute atomic E-state index is 0. The molecule has 0 aliphatic heterocycles. The molecule has 0 bridgehead atoms. The van der Waals surface area contributed by atoms with Gasteiger partial charge in [-0.1, -0.05) is 30.3 Å². The van der Waals surface area contributed by atoms with E-state index < -0.39 is 0 Å². The van der Waals surface area contributed by atoms with Crippen molar-refractivity contribution < 1.29 is 0 Å². The first-order chi connectivity index (χ1) is 6.90. The second-order valence-electron chi connectivity index (χ2n) is 3.05. The second-order valence-corrected chi connectivity index (χ2v) is 3.91. The minimum Gasteiger partial charge on any atom is -0.330 e. The van der Waals surface area contributed by atoms with E-state index in [1.807, 2.05) is 18.2 Å². The molecule has 2 nitrogen and oxygen atoms in total. The molecule has 0 radical (unpaired) electrons. The molecule has 0 saturated carbocycles. The van der Waals surface area contributed by atoms with Gasteiger partial charge in [0.25, 0.3) is 0 Å². The van der Waals surface area contributed by atoms with Crippen molar-refractivity contribution >= 4 is 28.3 Å². The highest BCUT2D eigenvalue weighted by atomic mass is 79.9. The largest absolute Gasteiger partial charge is 0.330 e. The van der Waals surface area contributed by atoms with Crippen LogP contribution in [-0.4, -0.2) is 11.5 Å². The van der Waals surface area contributed by atoms with Gasteiger partial charge in [0.05, 0.1) is 5.69 Å². The quantitative estimate of drug-likeness (QED) is 0.941. The van der Waals surface area contributed by atoms with Crippen molar-refractivity contribution in [1.29, 1.82) is 0 Å². The Morgan fingerprint density at radius 2 is 1.93 bits per heavy atom. The molecule has 4 heteroatoms. The molecule has 0 unspecified atom stereocenters. The average molecular weight is 285 g/mol. The van der Waals surface area contributed by atoms with Gasteiger partial charge >= 0.3 is 0 Å². The molecule has 0 spiro atoms.